The number of hydrogen-bond acceptors (Lipinski definition) is 7. The van der Waals surface area contributed by atoms with Crippen LogP contribution >= 0.6 is 0 Å². The fourth-order valence-electron chi connectivity index (χ4n) is 3.74. The molecule has 0 bridgehead atoms. The lowest BCUT2D eigenvalue weighted by atomic mass is 9.95. The largest absolute Gasteiger partial charge is 0.351 e. The van der Waals surface area contributed by atoms with Crippen molar-refractivity contribution in [3.05, 3.63) is 48.5 Å². The van der Waals surface area contributed by atoms with Gasteiger partial charge < -0.3 is 15.2 Å². The first-order valence-electron chi connectivity index (χ1n) is 9.90. The number of rotatable bonds is 3. The molecule has 9 nitrogen and oxygen atoms in total. The molecule has 0 unspecified atom stereocenters. The molecule has 0 aliphatic carbocycles. The maximum Gasteiger partial charge on any atom is 0.319 e. The first kappa shape index (κ1) is 19.2. The summed E-state index contributed by atoms with van der Waals surface area (Å²) in [6.45, 7) is 2.40. The normalized spacial score (nSPS) is 16.0. The van der Waals surface area contributed by atoms with Gasteiger partial charge in [0.05, 0.1) is 17.4 Å². The Morgan fingerprint density at radius 2 is 2.03 bits per heavy atom. The lowest BCUT2D eigenvalue weighted by molar-refractivity contribution is 0.0504. The van der Waals surface area contributed by atoms with Crippen molar-refractivity contribution in [1.82, 2.24) is 29.6 Å². The Labute approximate surface area is 176 Å². The maximum absolute atomic E-state index is 14.0. The van der Waals surface area contributed by atoms with E-state index in [1.165, 1.54) is 0 Å². The highest BCUT2D eigenvalue weighted by atomic mass is 19.1. The molecular weight excluding hydrogens is 401 g/mol. The second kappa shape index (κ2) is 7.15. The van der Waals surface area contributed by atoms with Crippen LogP contribution in [-0.4, -0.2) is 54.2 Å². The predicted molar refractivity (Wildman–Crippen MR) is 111 cm³/mol. The minimum Gasteiger partial charge on any atom is -0.351 e. The number of carbonyl (C=O) groups excluding carboxylic acids is 1. The van der Waals surface area contributed by atoms with Gasteiger partial charge in [-0.05, 0) is 38.0 Å². The van der Waals surface area contributed by atoms with Crippen LogP contribution in [0, 0.1) is 0 Å². The molecule has 0 atom stereocenters. The summed E-state index contributed by atoms with van der Waals surface area (Å²) < 4.78 is 20.7. The zero-order valence-corrected chi connectivity index (χ0v) is 16.8. The van der Waals surface area contributed by atoms with Gasteiger partial charge >= 0.3 is 6.01 Å². The summed E-state index contributed by atoms with van der Waals surface area (Å²) in [4.78, 5) is 27.3. The standard InChI is InChI=1S/C21H20FN7O2/c1-21(22)3-6-28(7-4-21)19(30)15-8-13-2-5-29(18(13)25-11-15)16-9-14(10-24-12-16)17-26-20(23)31-27-17/h2,5,8-12H,3-4,6-7H2,1H3,(H2,23,26,27). The van der Waals surface area contributed by atoms with E-state index in [4.69, 9.17) is 10.3 Å². The zero-order valence-electron chi connectivity index (χ0n) is 16.8. The summed E-state index contributed by atoms with van der Waals surface area (Å²) in [7, 11) is 0. The fourth-order valence-corrected chi connectivity index (χ4v) is 3.74. The second-order valence-corrected chi connectivity index (χ2v) is 7.92. The molecule has 1 aliphatic rings. The number of anilines is 1. The molecule has 1 aliphatic heterocycles. The van der Waals surface area contributed by atoms with Crippen molar-refractivity contribution in [2.24, 2.45) is 0 Å². The van der Waals surface area contributed by atoms with Crippen LogP contribution in [0.25, 0.3) is 28.1 Å². The predicted octanol–water partition coefficient (Wildman–Crippen LogP) is 3.02. The number of nitrogens with zero attached hydrogens (tertiary/aromatic N) is 6. The van der Waals surface area contributed by atoms with Crippen molar-refractivity contribution in [2.45, 2.75) is 25.4 Å². The number of halogens is 1. The molecule has 0 radical (unpaired) electrons. The number of amides is 1. The van der Waals surface area contributed by atoms with Gasteiger partial charge in [-0.3, -0.25) is 14.3 Å². The van der Waals surface area contributed by atoms with E-state index in [-0.39, 0.29) is 11.9 Å². The number of carbonyl (C=O) groups is 1. The molecule has 5 heterocycles. The van der Waals surface area contributed by atoms with E-state index in [2.05, 4.69) is 20.1 Å². The van der Waals surface area contributed by atoms with E-state index in [1.807, 2.05) is 29.0 Å². The first-order chi connectivity index (χ1) is 14.9. The number of piperidine rings is 1. The Morgan fingerprint density at radius 1 is 1.23 bits per heavy atom. The highest BCUT2D eigenvalue weighted by Gasteiger charge is 2.32. The van der Waals surface area contributed by atoms with E-state index in [0.29, 0.717) is 48.5 Å². The molecule has 2 N–H and O–H groups in total. The average Bonchev–Trinajstić information content (AvgIpc) is 3.39. The van der Waals surface area contributed by atoms with Gasteiger partial charge in [0.1, 0.15) is 11.3 Å². The van der Waals surface area contributed by atoms with Crippen LogP contribution < -0.4 is 5.73 Å². The molecule has 4 aromatic heterocycles. The highest BCUT2D eigenvalue weighted by Crippen LogP contribution is 2.27. The number of pyridine rings is 2. The quantitative estimate of drug-likeness (QED) is 0.540. The molecular formula is C21H20FN7O2. The van der Waals surface area contributed by atoms with Crippen LogP contribution in [0.3, 0.4) is 0 Å². The van der Waals surface area contributed by atoms with Gasteiger partial charge in [-0.15, -0.1) is 0 Å². The molecule has 158 valence electrons. The Morgan fingerprint density at radius 3 is 2.77 bits per heavy atom. The van der Waals surface area contributed by atoms with Gasteiger partial charge in [0.2, 0.25) is 5.82 Å². The molecule has 1 amide bonds. The third-order valence-electron chi connectivity index (χ3n) is 5.57. The van der Waals surface area contributed by atoms with Crippen molar-refractivity contribution in [1.29, 1.82) is 0 Å². The fraction of sp³-hybridized carbons (Fsp3) is 0.286. The van der Waals surface area contributed by atoms with Gasteiger partial charge in [0.25, 0.3) is 5.91 Å². The number of alkyl halides is 1. The molecule has 5 rings (SSSR count). The van der Waals surface area contributed by atoms with Crippen molar-refractivity contribution >= 4 is 23.0 Å². The van der Waals surface area contributed by atoms with Crippen LogP contribution in [0.1, 0.15) is 30.1 Å². The molecule has 0 aromatic carbocycles. The zero-order chi connectivity index (χ0) is 21.6. The highest BCUT2D eigenvalue weighted by molar-refractivity contribution is 5.97. The van der Waals surface area contributed by atoms with E-state index in [9.17, 15) is 9.18 Å². The number of hydrogen-bond donors (Lipinski definition) is 1. The van der Waals surface area contributed by atoms with Gasteiger partial charge in [-0.2, -0.15) is 4.98 Å². The minimum atomic E-state index is -1.20. The molecule has 31 heavy (non-hydrogen) atoms. The smallest absolute Gasteiger partial charge is 0.319 e. The number of nitrogens with two attached hydrogens (primary N) is 1. The summed E-state index contributed by atoms with van der Waals surface area (Å²) in [5, 5.41) is 4.63. The van der Waals surface area contributed by atoms with Crippen LogP contribution in [0.4, 0.5) is 10.4 Å². The Hall–Kier alpha value is -3.82. The summed E-state index contributed by atoms with van der Waals surface area (Å²) >= 11 is 0. The Kier molecular flexibility index (Phi) is 4.42. The van der Waals surface area contributed by atoms with E-state index < -0.39 is 5.67 Å². The molecule has 1 fully saturated rings. The van der Waals surface area contributed by atoms with Gasteiger partial charge in [0, 0.05) is 42.6 Å². The van der Waals surface area contributed by atoms with Crippen LogP contribution in [0.5, 0.6) is 0 Å². The topological polar surface area (TPSA) is 116 Å². The lowest BCUT2D eigenvalue weighted by Crippen LogP contribution is -2.43. The van der Waals surface area contributed by atoms with Gasteiger partial charge in [-0.25, -0.2) is 9.37 Å². The van der Waals surface area contributed by atoms with Crippen molar-refractivity contribution in [2.75, 3.05) is 18.8 Å². The number of nitrogen functional groups attached to an aromatic ring is 1. The molecule has 0 spiro atoms. The van der Waals surface area contributed by atoms with Crippen molar-refractivity contribution in [3.8, 4) is 17.1 Å². The van der Waals surface area contributed by atoms with Crippen LogP contribution in [0.15, 0.2) is 47.5 Å². The minimum absolute atomic E-state index is 0.0180. The third-order valence-corrected chi connectivity index (χ3v) is 5.57. The molecule has 1 saturated heterocycles. The molecule has 0 saturated carbocycles. The van der Waals surface area contributed by atoms with Gasteiger partial charge in [-0.1, -0.05) is 5.16 Å². The lowest BCUT2D eigenvalue weighted by Gasteiger charge is -2.34. The Bertz CT molecular complexity index is 1270. The first-order valence-corrected chi connectivity index (χ1v) is 9.90. The van der Waals surface area contributed by atoms with Gasteiger partial charge in [0.15, 0.2) is 0 Å². The number of fused-ring (bicyclic) bond motifs is 1. The Balaban J connectivity index is 1.43. The van der Waals surface area contributed by atoms with E-state index in [1.54, 1.807) is 30.4 Å². The monoisotopic (exact) mass is 421 g/mol. The summed E-state index contributed by atoms with van der Waals surface area (Å²) in [5.41, 5.74) is 6.87. The summed E-state index contributed by atoms with van der Waals surface area (Å²) in [6, 6.07) is 5.52. The molecule has 10 heteroatoms. The average molecular weight is 421 g/mol. The molecule has 4 aromatic rings. The number of aromatic nitrogens is 5. The van der Waals surface area contributed by atoms with E-state index in [0.717, 1.165) is 11.1 Å². The van der Waals surface area contributed by atoms with Crippen LogP contribution in [-0.2, 0) is 0 Å². The second-order valence-electron chi connectivity index (χ2n) is 7.92. The number of likely N-dealkylation sites (tertiary alicyclic amines) is 1. The summed E-state index contributed by atoms with van der Waals surface area (Å²) in [6.07, 6.45) is 7.41. The van der Waals surface area contributed by atoms with Crippen molar-refractivity contribution < 1.29 is 13.7 Å². The third kappa shape index (κ3) is 3.60. The summed E-state index contributed by atoms with van der Waals surface area (Å²) in [5.74, 6) is 0.214. The van der Waals surface area contributed by atoms with E-state index >= 15 is 0 Å². The maximum atomic E-state index is 14.0. The van der Waals surface area contributed by atoms with Crippen LogP contribution in [0.2, 0.25) is 0 Å². The SMILES string of the molecule is CC1(F)CCN(C(=O)c2cnc3c(ccn3-c3cncc(-c4noc(N)n4)c3)c2)CC1. The van der Waals surface area contributed by atoms with Crippen molar-refractivity contribution in [3.63, 3.8) is 0 Å².